The van der Waals surface area contributed by atoms with E-state index in [1.54, 1.807) is 0 Å². The van der Waals surface area contributed by atoms with Gasteiger partial charge in [-0.25, -0.2) is 0 Å². The third kappa shape index (κ3) is 8.60. The Bertz CT molecular complexity index is 598. The third-order valence-electron chi connectivity index (χ3n) is 5.94. The molecule has 8 heteroatoms. The summed E-state index contributed by atoms with van der Waals surface area (Å²) < 4.78 is 7.59. The highest BCUT2D eigenvalue weighted by molar-refractivity contribution is 5.79. The monoisotopic (exact) mass is 421 g/mol. The Morgan fingerprint density at radius 1 is 1.23 bits per heavy atom. The molecular formula is C22H43N7O. The second-order valence-corrected chi connectivity index (χ2v) is 8.20. The lowest BCUT2D eigenvalue weighted by molar-refractivity contribution is 0.0211. The number of hydrogen-bond acceptors (Lipinski definition) is 5. The Balaban J connectivity index is 1.89. The first-order valence-corrected chi connectivity index (χ1v) is 11.9. The number of rotatable bonds is 13. The second-order valence-electron chi connectivity index (χ2n) is 8.20. The molecule has 2 heterocycles. The molecule has 1 aromatic rings. The Morgan fingerprint density at radius 2 is 2.03 bits per heavy atom. The number of ether oxygens (including phenoxy) is 1. The van der Waals surface area contributed by atoms with Crippen LogP contribution in [0.25, 0.3) is 0 Å². The van der Waals surface area contributed by atoms with Gasteiger partial charge in [0.25, 0.3) is 0 Å². The lowest BCUT2D eigenvalue weighted by Gasteiger charge is -2.32. The first kappa shape index (κ1) is 24.6. The molecule has 8 nitrogen and oxygen atoms in total. The zero-order valence-electron chi connectivity index (χ0n) is 19.6. The van der Waals surface area contributed by atoms with Gasteiger partial charge in [-0.3, -0.25) is 9.89 Å². The first-order valence-electron chi connectivity index (χ1n) is 11.9. The summed E-state index contributed by atoms with van der Waals surface area (Å²) in [6.07, 6.45) is 7.68. The number of nitrogens with zero attached hydrogens (tertiary/aromatic N) is 5. The predicted octanol–water partition coefficient (Wildman–Crippen LogP) is 2.31. The Morgan fingerprint density at radius 3 is 2.73 bits per heavy atom. The number of aryl methyl sites for hydroxylation is 1. The van der Waals surface area contributed by atoms with Crippen LogP contribution in [0.15, 0.2) is 11.3 Å². The molecule has 30 heavy (non-hydrogen) atoms. The molecule has 2 rings (SSSR count). The number of hydrogen-bond donors (Lipinski definition) is 2. The van der Waals surface area contributed by atoms with E-state index >= 15 is 0 Å². The number of morpholine rings is 1. The molecule has 2 atom stereocenters. The van der Waals surface area contributed by atoms with Gasteiger partial charge in [0.1, 0.15) is 12.2 Å². The molecular weight excluding hydrogens is 378 g/mol. The van der Waals surface area contributed by atoms with Crippen LogP contribution in [0, 0.1) is 5.92 Å². The summed E-state index contributed by atoms with van der Waals surface area (Å²) in [6.45, 7) is 16.0. The smallest absolute Gasteiger partial charge is 0.191 e. The molecule has 0 bridgehead atoms. The van der Waals surface area contributed by atoms with Gasteiger partial charge in [0.15, 0.2) is 5.96 Å². The van der Waals surface area contributed by atoms with E-state index in [4.69, 9.17) is 9.73 Å². The minimum absolute atomic E-state index is 0.451. The van der Waals surface area contributed by atoms with Crippen LogP contribution in [-0.4, -0.2) is 77.6 Å². The van der Waals surface area contributed by atoms with Crippen molar-refractivity contribution in [3.63, 3.8) is 0 Å². The largest absolute Gasteiger partial charge is 0.379 e. The number of nitrogens with one attached hydrogen (secondary N) is 2. The van der Waals surface area contributed by atoms with E-state index in [0.29, 0.717) is 12.0 Å². The summed E-state index contributed by atoms with van der Waals surface area (Å²) in [7, 11) is 0. The highest BCUT2D eigenvalue weighted by Crippen LogP contribution is 2.12. The van der Waals surface area contributed by atoms with Gasteiger partial charge in [0, 0.05) is 51.7 Å². The molecule has 1 aromatic heterocycles. The number of unbranched alkanes of at least 4 members (excludes halogenated alkanes) is 1. The summed E-state index contributed by atoms with van der Waals surface area (Å²) in [5.74, 6) is 2.59. The molecule has 0 spiro atoms. The maximum Gasteiger partial charge on any atom is 0.191 e. The fourth-order valence-corrected chi connectivity index (χ4v) is 3.74. The highest BCUT2D eigenvalue weighted by atomic mass is 16.5. The van der Waals surface area contributed by atoms with E-state index in [1.807, 2.05) is 6.33 Å². The quantitative estimate of drug-likeness (QED) is 0.376. The van der Waals surface area contributed by atoms with E-state index in [0.717, 1.165) is 70.7 Å². The predicted molar refractivity (Wildman–Crippen MR) is 123 cm³/mol. The van der Waals surface area contributed by atoms with Crippen LogP contribution in [-0.2, 0) is 17.7 Å². The molecule has 0 aromatic carbocycles. The summed E-state index contributed by atoms with van der Waals surface area (Å²) >= 11 is 0. The Hall–Kier alpha value is -1.67. The van der Waals surface area contributed by atoms with Crippen LogP contribution in [0.2, 0.25) is 0 Å². The summed E-state index contributed by atoms with van der Waals surface area (Å²) in [5.41, 5.74) is 0. The number of aliphatic imine (C=N–C) groups is 1. The van der Waals surface area contributed by atoms with Gasteiger partial charge in [-0.05, 0) is 19.3 Å². The van der Waals surface area contributed by atoms with Gasteiger partial charge >= 0.3 is 0 Å². The van der Waals surface area contributed by atoms with E-state index in [-0.39, 0.29) is 0 Å². The van der Waals surface area contributed by atoms with Crippen LogP contribution in [0.3, 0.4) is 0 Å². The van der Waals surface area contributed by atoms with Crippen molar-refractivity contribution in [2.45, 2.75) is 72.4 Å². The average Bonchev–Trinajstić information content (AvgIpc) is 3.24. The fraction of sp³-hybridized carbons (Fsp3) is 0.864. The van der Waals surface area contributed by atoms with E-state index in [2.05, 4.69) is 58.0 Å². The van der Waals surface area contributed by atoms with Gasteiger partial charge < -0.3 is 19.9 Å². The molecule has 0 amide bonds. The molecule has 0 radical (unpaired) electrons. The SMILES string of the molecule is CCCCC(CC)CN=C(NCCn1cnnc1CC)NCC(C)N1CCOCC1. The lowest BCUT2D eigenvalue weighted by atomic mass is 10.00. The molecule has 0 aliphatic carbocycles. The number of aromatic nitrogens is 3. The minimum atomic E-state index is 0.451. The van der Waals surface area contributed by atoms with Crippen molar-refractivity contribution in [1.82, 2.24) is 30.3 Å². The molecule has 1 saturated heterocycles. The van der Waals surface area contributed by atoms with Crippen LogP contribution in [0.5, 0.6) is 0 Å². The summed E-state index contributed by atoms with van der Waals surface area (Å²) in [5, 5.41) is 15.3. The molecule has 2 unspecified atom stereocenters. The Labute approximate surface area is 182 Å². The van der Waals surface area contributed by atoms with Gasteiger partial charge in [-0.1, -0.05) is 40.0 Å². The Kier molecular flexibility index (Phi) is 11.8. The van der Waals surface area contributed by atoms with Crippen molar-refractivity contribution in [3.8, 4) is 0 Å². The summed E-state index contributed by atoms with van der Waals surface area (Å²) in [6, 6.07) is 0.451. The zero-order chi connectivity index (χ0) is 21.6. The molecule has 1 aliphatic rings. The van der Waals surface area contributed by atoms with Crippen LogP contribution >= 0.6 is 0 Å². The van der Waals surface area contributed by atoms with Crippen LogP contribution in [0.4, 0.5) is 0 Å². The molecule has 1 aliphatic heterocycles. The van der Waals surface area contributed by atoms with E-state index < -0.39 is 0 Å². The zero-order valence-corrected chi connectivity index (χ0v) is 19.6. The van der Waals surface area contributed by atoms with Crippen molar-refractivity contribution in [2.75, 3.05) is 45.9 Å². The van der Waals surface area contributed by atoms with Crippen molar-refractivity contribution in [2.24, 2.45) is 10.9 Å². The van der Waals surface area contributed by atoms with E-state index in [1.165, 1.54) is 25.7 Å². The molecule has 2 N–H and O–H groups in total. The topological polar surface area (TPSA) is 79.6 Å². The van der Waals surface area contributed by atoms with E-state index in [9.17, 15) is 0 Å². The lowest BCUT2D eigenvalue weighted by Crippen LogP contribution is -2.49. The fourth-order valence-electron chi connectivity index (χ4n) is 3.74. The molecule has 0 saturated carbocycles. The van der Waals surface area contributed by atoms with Crippen LogP contribution < -0.4 is 10.6 Å². The highest BCUT2D eigenvalue weighted by Gasteiger charge is 2.17. The standard InChI is InChI=1S/C22H43N7O/c1-5-8-9-20(6-2)17-25-22(23-10-11-29-18-26-27-21(29)7-3)24-16-19(4)28-12-14-30-15-13-28/h18-20H,5-17H2,1-4H3,(H2,23,24,25). The van der Waals surface area contributed by atoms with Crippen molar-refractivity contribution >= 4 is 5.96 Å². The average molecular weight is 422 g/mol. The van der Waals surface area contributed by atoms with Gasteiger partial charge in [-0.15, -0.1) is 10.2 Å². The van der Waals surface area contributed by atoms with Gasteiger partial charge in [0.05, 0.1) is 13.2 Å². The minimum Gasteiger partial charge on any atom is -0.379 e. The van der Waals surface area contributed by atoms with Gasteiger partial charge in [0.2, 0.25) is 0 Å². The van der Waals surface area contributed by atoms with Crippen molar-refractivity contribution < 1.29 is 4.74 Å². The maximum absolute atomic E-state index is 5.48. The molecule has 172 valence electrons. The normalized spacial score (nSPS) is 17.7. The number of guanidine groups is 1. The first-order chi connectivity index (χ1) is 14.7. The third-order valence-corrected chi connectivity index (χ3v) is 5.94. The van der Waals surface area contributed by atoms with Crippen LogP contribution in [0.1, 0.15) is 59.2 Å². The van der Waals surface area contributed by atoms with Gasteiger partial charge in [-0.2, -0.15) is 0 Å². The summed E-state index contributed by atoms with van der Waals surface area (Å²) in [4.78, 5) is 7.42. The second kappa shape index (κ2) is 14.4. The maximum atomic E-state index is 5.48. The van der Waals surface area contributed by atoms with Crippen molar-refractivity contribution in [1.29, 1.82) is 0 Å². The van der Waals surface area contributed by atoms with Crippen molar-refractivity contribution in [3.05, 3.63) is 12.2 Å². The molecule has 1 fully saturated rings.